The molecule has 0 radical (unpaired) electrons. The van der Waals surface area contributed by atoms with Gasteiger partial charge in [0.05, 0.1) is 13.2 Å². The molecule has 1 aliphatic rings. The Morgan fingerprint density at radius 2 is 1.92 bits per heavy atom. The Bertz CT molecular complexity index is 757. The molecule has 0 aliphatic carbocycles. The van der Waals surface area contributed by atoms with E-state index in [4.69, 9.17) is 4.74 Å². The fourth-order valence-electron chi connectivity index (χ4n) is 2.38. The average Bonchev–Trinajstić information content (AvgIpc) is 2.59. The van der Waals surface area contributed by atoms with E-state index in [1.54, 1.807) is 24.8 Å². The fourth-order valence-corrected chi connectivity index (χ4v) is 2.79. The molecule has 5 nitrogen and oxygen atoms in total. The van der Waals surface area contributed by atoms with Gasteiger partial charge in [-0.15, -0.1) is 11.8 Å². The molecule has 1 aromatic rings. The van der Waals surface area contributed by atoms with E-state index in [1.807, 2.05) is 36.6 Å². The predicted octanol–water partition coefficient (Wildman–Crippen LogP) is 2.65. The standard InChI is InChI=1S/C18H18N2O3S/c1-12-15(10-13-4-6-14(24-3)7-5-13)17(21)20(8-9-23-2)18(22)16(12)11-19/h4-7,10H,8-9H2,1-3H3/b15-10+. The van der Waals surface area contributed by atoms with Crippen molar-refractivity contribution in [2.45, 2.75) is 11.8 Å². The van der Waals surface area contributed by atoms with Crippen LogP contribution in [0, 0.1) is 11.3 Å². The molecule has 0 atom stereocenters. The number of amides is 2. The van der Waals surface area contributed by atoms with Crippen LogP contribution in [-0.2, 0) is 14.3 Å². The molecule has 0 saturated heterocycles. The molecule has 0 aromatic heterocycles. The van der Waals surface area contributed by atoms with E-state index in [-0.39, 0.29) is 18.7 Å². The van der Waals surface area contributed by atoms with Crippen LogP contribution in [-0.4, -0.2) is 43.2 Å². The van der Waals surface area contributed by atoms with E-state index >= 15 is 0 Å². The molecule has 1 aromatic carbocycles. The molecule has 2 rings (SSSR count). The van der Waals surface area contributed by atoms with Crippen LogP contribution in [0.3, 0.4) is 0 Å². The van der Waals surface area contributed by atoms with Crippen molar-refractivity contribution < 1.29 is 14.3 Å². The zero-order valence-corrected chi connectivity index (χ0v) is 14.6. The van der Waals surface area contributed by atoms with Crippen LogP contribution in [0.2, 0.25) is 0 Å². The summed E-state index contributed by atoms with van der Waals surface area (Å²) < 4.78 is 4.95. The lowest BCUT2D eigenvalue weighted by Gasteiger charge is -2.27. The second-order valence-electron chi connectivity index (χ2n) is 5.20. The van der Waals surface area contributed by atoms with Crippen molar-refractivity contribution >= 4 is 29.7 Å². The highest BCUT2D eigenvalue weighted by Crippen LogP contribution is 2.27. The van der Waals surface area contributed by atoms with Crippen molar-refractivity contribution in [1.82, 2.24) is 4.90 Å². The number of carbonyl (C=O) groups excluding carboxylic acids is 2. The van der Waals surface area contributed by atoms with Crippen molar-refractivity contribution in [2.75, 3.05) is 26.5 Å². The van der Waals surface area contributed by atoms with E-state index in [1.165, 1.54) is 7.11 Å². The van der Waals surface area contributed by atoms with Crippen molar-refractivity contribution in [3.05, 3.63) is 46.5 Å². The number of nitriles is 1. The van der Waals surface area contributed by atoms with Gasteiger partial charge in [-0.3, -0.25) is 14.5 Å². The van der Waals surface area contributed by atoms with Crippen LogP contribution < -0.4 is 0 Å². The van der Waals surface area contributed by atoms with E-state index in [9.17, 15) is 14.9 Å². The van der Waals surface area contributed by atoms with Crippen molar-refractivity contribution in [3.8, 4) is 6.07 Å². The largest absolute Gasteiger partial charge is 0.383 e. The van der Waals surface area contributed by atoms with Gasteiger partial charge in [-0.2, -0.15) is 5.26 Å². The topological polar surface area (TPSA) is 70.4 Å². The van der Waals surface area contributed by atoms with Crippen LogP contribution in [0.4, 0.5) is 0 Å². The number of ether oxygens (including phenoxy) is 1. The van der Waals surface area contributed by atoms with Gasteiger partial charge in [0.1, 0.15) is 11.6 Å². The lowest BCUT2D eigenvalue weighted by atomic mass is 9.94. The molecular weight excluding hydrogens is 324 g/mol. The maximum atomic E-state index is 12.7. The van der Waals surface area contributed by atoms with E-state index in [0.717, 1.165) is 15.4 Å². The summed E-state index contributed by atoms with van der Waals surface area (Å²) in [6.07, 6.45) is 3.70. The molecule has 1 aliphatic heterocycles. The van der Waals surface area contributed by atoms with Crippen LogP contribution in [0.15, 0.2) is 45.9 Å². The maximum absolute atomic E-state index is 12.7. The number of imide groups is 1. The van der Waals surface area contributed by atoms with Gasteiger partial charge in [-0.05, 0) is 42.5 Å². The molecule has 6 heteroatoms. The third kappa shape index (κ3) is 3.58. The monoisotopic (exact) mass is 342 g/mol. The van der Waals surface area contributed by atoms with Gasteiger partial charge < -0.3 is 4.74 Å². The molecule has 0 spiro atoms. The number of benzene rings is 1. The summed E-state index contributed by atoms with van der Waals surface area (Å²) in [5.41, 5.74) is 1.61. The van der Waals surface area contributed by atoms with Gasteiger partial charge in [0, 0.05) is 17.6 Å². The first-order valence-corrected chi connectivity index (χ1v) is 8.58. The minimum atomic E-state index is -0.563. The van der Waals surface area contributed by atoms with Crippen molar-refractivity contribution in [2.24, 2.45) is 0 Å². The molecular formula is C18H18N2O3S. The highest BCUT2D eigenvalue weighted by Gasteiger charge is 2.35. The minimum absolute atomic E-state index is 0.00214. The van der Waals surface area contributed by atoms with Gasteiger partial charge in [-0.1, -0.05) is 12.1 Å². The summed E-state index contributed by atoms with van der Waals surface area (Å²) in [4.78, 5) is 27.2. The molecule has 1 heterocycles. The van der Waals surface area contributed by atoms with E-state index in [2.05, 4.69) is 0 Å². The van der Waals surface area contributed by atoms with Gasteiger partial charge in [-0.25, -0.2) is 0 Å². The highest BCUT2D eigenvalue weighted by atomic mass is 32.2. The number of nitrogens with zero attached hydrogens (tertiary/aromatic N) is 2. The van der Waals surface area contributed by atoms with Gasteiger partial charge >= 0.3 is 0 Å². The Balaban J connectivity index is 2.47. The van der Waals surface area contributed by atoms with E-state index < -0.39 is 11.8 Å². The third-order valence-electron chi connectivity index (χ3n) is 3.77. The number of rotatable bonds is 5. The van der Waals surface area contributed by atoms with Crippen LogP contribution in [0.1, 0.15) is 12.5 Å². The number of carbonyl (C=O) groups is 2. The summed E-state index contributed by atoms with van der Waals surface area (Å²) in [5, 5.41) is 9.29. The smallest absolute Gasteiger partial charge is 0.271 e. The normalized spacial score (nSPS) is 16.8. The molecule has 0 N–H and O–H groups in total. The molecule has 0 bridgehead atoms. The Hall–Kier alpha value is -2.36. The zero-order valence-electron chi connectivity index (χ0n) is 13.8. The predicted molar refractivity (Wildman–Crippen MR) is 93.1 cm³/mol. The molecule has 0 saturated carbocycles. The quantitative estimate of drug-likeness (QED) is 0.467. The molecule has 124 valence electrons. The van der Waals surface area contributed by atoms with Crippen molar-refractivity contribution in [1.29, 1.82) is 5.26 Å². The lowest BCUT2D eigenvalue weighted by Crippen LogP contribution is -2.44. The van der Waals surface area contributed by atoms with Crippen LogP contribution in [0.5, 0.6) is 0 Å². The lowest BCUT2D eigenvalue weighted by molar-refractivity contribution is -0.141. The fraction of sp³-hybridized carbons (Fsp3) is 0.278. The van der Waals surface area contributed by atoms with Gasteiger partial charge in [0.15, 0.2) is 0 Å². The molecule has 0 unspecified atom stereocenters. The number of methoxy groups -OCH3 is 1. The van der Waals surface area contributed by atoms with Crippen LogP contribution in [0.25, 0.3) is 6.08 Å². The summed E-state index contributed by atoms with van der Waals surface area (Å²) in [6, 6.07) is 9.65. The number of hydrogen-bond acceptors (Lipinski definition) is 5. The average molecular weight is 342 g/mol. The van der Waals surface area contributed by atoms with Crippen molar-refractivity contribution in [3.63, 3.8) is 0 Å². The number of hydrogen-bond donors (Lipinski definition) is 0. The molecule has 24 heavy (non-hydrogen) atoms. The summed E-state index contributed by atoms with van der Waals surface area (Å²) in [7, 11) is 1.50. The van der Waals surface area contributed by atoms with Gasteiger partial charge in [0.25, 0.3) is 11.8 Å². The second kappa shape index (κ2) is 7.95. The Labute approximate surface area is 145 Å². The SMILES string of the molecule is COCCN1C(=O)C(C#N)=C(C)/C(=C\c2ccc(SC)cc2)C1=O. The minimum Gasteiger partial charge on any atom is -0.383 e. The first-order valence-electron chi connectivity index (χ1n) is 7.35. The highest BCUT2D eigenvalue weighted by molar-refractivity contribution is 7.98. The zero-order chi connectivity index (χ0) is 17.7. The summed E-state index contributed by atoms with van der Waals surface area (Å²) in [5.74, 6) is -0.963. The maximum Gasteiger partial charge on any atom is 0.271 e. The number of thioether (sulfide) groups is 1. The Morgan fingerprint density at radius 3 is 2.46 bits per heavy atom. The summed E-state index contributed by atoms with van der Waals surface area (Å²) in [6.45, 7) is 1.98. The Kier molecular flexibility index (Phi) is 5.96. The molecule has 0 fully saturated rings. The Morgan fingerprint density at radius 1 is 1.25 bits per heavy atom. The first-order chi connectivity index (χ1) is 11.5. The van der Waals surface area contributed by atoms with Crippen LogP contribution >= 0.6 is 11.8 Å². The summed E-state index contributed by atoms with van der Waals surface area (Å²) >= 11 is 1.63. The van der Waals surface area contributed by atoms with E-state index in [0.29, 0.717) is 11.1 Å². The third-order valence-corrected chi connectivity index (χ3v) is 4.51. The first kappa shape index (κ1) is 18.0. The molecule has 2 amide bonds. The second-order valence-corrected chi connectivity index (χ2v) is 6.08. The van der Waals surface area contributed by atoms with Gasteiger partial charge in [0.2, 0.25) is 0 Å².